The number of hydrogen-bond acceptors (Lipinski definition) is 5. The minimum Gasteiger partial charge on any atom is -0.481 e. The number of ether oxygens (including phenoxy) is 1. The van der Waals surface area contributed by atoms with E-state index in [4.69, 9.17) is 15.6 Å². The van der Waals surface area contributed by atoms with Gasteiger partial charge in [-0.15, -0.1) is 0 Å². The molecule has 2 heterocycles. The Morgan fingerprint density at radius 3 is 2.65 bits per heavy atom. The van der Waals surface area contributed by atoms with Crippen molar-refractivity contribution in [2.75, 3.05) is 19.5 Å². The molecule has 0 bridgehead atoms. The molecule has 0 aliphatic carbocycles. The minimum absolute atomic E-state index is 0.00312. The summed E-state index contributed by atoms with van der Waals surface area (Å²) in [5, 5.41) is 17.4. The number of hydrogen-bond donors (Lipinski definition) is 2. The third-order valence-corrected chi connectivity index (χ3v) is 2.43. The van der Waals surface area contributed by atoms with Crippen molar-refractivity contribution in [2.24, 2.45) is 7.05 Å². The predicted octanol–water partition coefficient (Wildman–Crippen LogP) is -0.133. The van der Waals surface area contributed by atoms with Crippen LogP contribution >= 0.6 is 0 Å². The molecule has 0 saturated carbocycles. The zero-order valence-corrected chi connectivity index (χ0v) is 9.79. The summed E-state index contributed by atoms with van der Waals surface area (Å²) < 4.78 is 8.29. The van der Waals surface area contributed by atoms with E-state index in [2.05, 4.69) is 10.2 Å². The Bertz CT molecular complexity index is 517. The van der Waals surface area contributed by atoms with Crippen LogP contribution in [0.2, 0.25) is 0 Å². The van der Waals surface area contributed by atoms with Crippen molar-refractivity contribution in [2.45, 2.75) is 6.54 Å². The van der Waals surface area contributed by atoms with Crippen LogP contribution in [0.3, 0.4) is 0 Å². The van der Waals surface area contributed by atoms with Crippen LogP contribution in [0.5, 0.6) is 5.88 Å². The van der Waals surface area contributed by atoms with Gasteiger partial charge in [0.2, 0.25) is 5.88 Å². The molecule has 0 saturated heterocycles. The Hall–Kier alpha value is -2.02. The lowest BCUT2D eigenvalue weighted by Crippen LogP contribution is -2.07. The molecule has 92 valence electrons. The number of anilines is 1. The number of aliphatic hydroxyl groups is 1. The summed E-state index contributed by atoms with van der Waals surface area (Å²) in [4.78, 5) is 0. The van der Waals surface area contributed by atoms with E-state index in [1.54, 1.807) is 31.0 Å². The van der Waals surface area contributed by atoms with Gasteiger partial charge in [-0.2, -0.15) is 10.2 Å². The first kappa shape index (κ1) is 11.5. The van der Waals surface area contributed by atoms with Crippen LogP contribution < -0.4 is 10.5 Å². The highest BCUT2D eigenvalue weighted by Gasteiger charge is 2.12. The summed E-state index contributed by atoms with van der Waals surface area (Å²) in [6, 6.07) is 3.50. The van der Waals surface area contributed by atoms with Crippen LogP contribution in [0.1, 0.15) is 0 Å². The summed E-state index contributed by atoms with van der Waals surface area (Å²) >= 11 is 0. The van der Waals surface area contributed by atoms with E-state index in [9.17, 15) is 0 Å². The second-order valence-electron chi connectivity index (χ2n) is 3.60. The number of rotatable bonds is 4. The van der Waals surface area contributed by atoms with Gasteiger partial charge < -0.3 is 15.6 Å². The molecule has 2 rings (SSSR count). The van der Waals surface area contributed by atoms with Gasteiger partial charge in [-0.3, -0.25) is 0 Å². The summed E-state index contributed by atoms with van der Waals surface area (Å²) in [6.45, 7) is 0.368. The van der Waals surface area contributed by atoms with Gasteiger partial charge in [0, 0.05) is 19.2 Å². The lowest BCUT2D eigenvalue weighted by atomic mass is 10.3. The fourth-order valence-corrected chi connectivity index (χ4v) is 1.60. The van der Waals surface area contributed by atoms with E-state index in [1.807, 2.05) is 0 Å². The van der Waals surface area contributed by atoms with E-state index in [0.29, 0.717) is 29.6 Å². The van der Waals surface area contributed by atoms with Crippen LogP contribution in [0, 0.1) is 0 Å². The van der Waals surface area contributed by atoms with E-state index < -0.39 is 0 Å². The Morgan fingerprint density at radius 1 is 1.35 bits per heavy atom. The van der Waals surface area contributed by atoms with Gasteiger partial charge in [0.05, 0.1) is 20.3 Å². The third kappa shape index (κ3) is 2.09. The molecular weight excluding hydrogens is 222 g/mol. The monoisotopic (exact) mass is 237 g/mol. The first-order valence-electron chi connectivity index (χ1n) is 5.18. The normalized spacial score (nSPS) is 10.8. The van der Waals surface area contributed by atoms with Crippen LogP contribution in [-0.2, 0) is 13.6 Å². The molecular formula is C10H15N5O2. The highest BCUT2D eigenvalue weighted by molar-refractivity contribution is 5.59. The lowest BCUT2D eigenvalue weighted by molar-refractivity contribution is 0.270. The van der Waals surface area contributed by atoms with Crippen molar-refractivity contribution in [3.63, 3.8) is 0 Å². The van der Waals surface area contributed by atoms with Gasteiger partial charge >= 0.3 is 0 Å². The fraction of sp³-hybridized carbons (Fsp3) is 0.400. The summed E-state index contributed by atoms with van der Waals surface area (Å²) in [5.41, 5.74) is 7.12. The minimum atomic E-state index is -0.00312. The summed E-state index contributed by atoms with van der Waals surface area (Å²) in [5.74, 6) is 1.15. The van der Waals surface area contributed by atoms with Crippen molar-refractivity contribution < 1.29 is 9.84 Å². The van der Waals surface area contributed by atoms with E-state index >= 15 is 0 Å². The highest BCUT2D eigenvalue weighted by atomic mass is 16.5. The number of nitrogens with zero attached hydrogens (tertiary/aromatic N) is 4. The molecule has 3 N–H and O–H groups in total. The van der Waals surface area contributed by atoms with E-state index in [0.717, 1.165) is 0 Å². The van der Waals surface area contributed by atoms with Gasteiger partial charge in [0.15, 0.2) is 0 Å². The quantitative estimate of drug-likeness (QED) is 0.772. The molecule has 0 amide bonds. The zero-order chi connectivity index (χ0) is 12.4. The molecule has 0 aliphatic heterocycles. The topological polar surface area (TPSA) is 91.1 Å². The van der Waals surface area contributed by atoms with E-state index in [1.165, 1.54) is 4.68 Å². The molecule has 2 aromatic rings. The molecule has 0 radical (unpaired) electrons. The molecule has 17 heavy (non-hydrogen) atoms. The standard InChI is InChI=1S/C10H15N5O2/c1-14-10(17-2)6-8(12-14)7-5-9(11)15(13-7)3-4-16/h5-6,16H,3-4,11H2,1-2H3. The molecule has 7 nitrogen and oxygen atoms in total. The molecule has 0 aliphatic rings. The number of nitrogen functional groups attached to an aromatic ring is 1. The summed E-state index contributed by atoms with van der Waals surface area (Å²) in [7, 11) is 3.37. The zero-order valence-electron chi connectivity index (χ0n) is 9.79. The maximum Gasteiger partial charge on any atom is 0.211 e. The van der Waals surface area contributed by atoms with Crippen LogP contribution in [0.25, 0.3) is 11.4 Å². The molecule has 0 aromatic carbocycles. The van der Waals surface area contributed by atoms with Crippen LogP contribution in [0.15, 0.2) is 12.1 Å². The summed E-state index contributed by atoms with van der Waals surface area (Å²) in [6.07, 6.45) is 0. The Balaban J connectivity index is 2.35. The third-order valence-electron chi connectivity index (χ3n) is 2.43. The van der Waals surface area contributed by atoms with Crippen LogP contribution in [-0.4, -0.2) is 38.4 Å². The smallest absolute Gasteiger partial charge is 0.211 e. The Labute approximate surface area is 98.4 Å². The number of aryl methyl sites for hydroxylation is 1. The van der Waals surface area contributed by atoms with Gasteiger partial charge in [0.1, 0.15) is 17.2 Å². The Kier molecular flexibility index (Phi) is 3.01. The first-order chi connectivity index (χ1) is 8.15. The first-order valence-corrected chi connectivity index (χ1v) is 5.18. The van der Waals surface area contributed by atoms with Crippen molar-refractivity contribution in [1.29, 1.82) is 0 Å². The van der Waals surface area contributed by atoms with E-state index in [-0.39, 0.29) is 6.61 Å². The SMILES string of the molecule is COc1cc(-c2cc(N)n(CCO)n2)nn1C. The molecule has 0 fully saturated rings. The maximum atomic E-state index is 8.85. The number of methoxy groups -OCH3 is 1. The largest absolute Gasteiger partial charge is 0.481 e. The maximum absolute atomic E-state index is 8.85. The predicted molar refractivity (Wildman–Crippen MR) is 62.5 cm³/mol. The number of aromatic nitrogens is 4. The number of nitrogens with two attached hydrogens (primary N) is 1. The molecule has 2 aromatic heterocycles. The molecule has 0 unspecified atom stereocenters. The number of aliphatic hydroxyl groups excluding tert-OH is 1. The second kappa shape index (κ2) is 4.46. The lowest BCUT2D eigenvalue weighted by Gasteiger charge is -1.98. The van der Waals surface area contributed by atoms with Crippen LogP contribution in [0.4, 0.5) is 5.82 Å². The fourth-order valence-electron chi connectivity index (χ4n) is 1.60. The van der Waals surface area contributed by atoms with Crippen molar-refractivity contribution >= 4 is 5.82 Å². The van der Waals surface area contributed by atoms with Crippen molar-refractivity contribution in [3.8, 4) is 17.3 Å². The van der Waals surface area contributed by atoms with Crippen molar-refractivity contribution in [1.82, 2.24) is 19.6 Å². The Morgan fingerprint density at radius 2 is 2.06 bits per heavy atom. The molecule has 0 spiro atoms. The van der Waals surface area contributed by atoms with Gasteiger partial charge in [-0.25, -0.2) is 9.36 Å². The van der Waals surface area contributed by atoms with Gasteiger partial charge in [-0.05, 0) is 0 Å². The second-order valence-corrected chi connectivity index (χ2v) is 3.60. The van der Waals surface area contributed by atoms with Gasteiger partial charge in [-0.1, -0.05) is 0 Å². The highest BCUT2D eigenvalue weighted by Crippen LogP contribution is 2.22. The molecule has 7 heteroatoms. The average Bonchev–Trinajstić information content (AvgIpc) is 2.84. The van der Waals surface area contributed by atoms with Gasteiger partial charge in [0.25, 0.3) is 0 Å². The molecule has 0 atom stereocenters. The average molecular weight is 237 g/mol. The van der Waals surface area contributed by atoms with Crippen molar-refractivity contribution in [3.05, 3.63) is 12.1 Å².